The van der Waals surface area contributed by atoms with Crippen molar-refractivity contribution in [1.29, 1.82) is 0 Å². The molecule has 1 unspecified atom stereocenters. The summed E-state index contributed by atoms with van der Waals surface area (Å²) in [4.78, 5) is 5.86. The second-order valence-corrected chi connectivity index (χ2v) is 7.01. The average molecular weight is 334 g/mol. The molecule has 0 aromatic carbocycles. The zero-order valence-corrected chi connectivity index (χ0v) is 12.9. The summed E-state index contributed by atoms with van der Waals surface area (Å²) >= 11 is 2.60. The SMILES string of the molecule is Cc1nnc(N2CCCC(c3nc(C(F)(F)F)cs3)C2)s1. The van der Waals surface area contributed by atoms with E-state index in [1.807, 2.05) is 6.92 Å². The third-order valence-corrected chi connectivity index (χ3v) is 5.28. The topological polar surface area (TPSA) is 41.9 Å². The van der Waals surface area contributed by atoms with E-state index in [9.17, 15) is 13.2 Å². The summed E-state index contributed by atoms with van der Waals surface area (Å²) < 4.78 is 37.9. The van der Waals surface area contributed by atoms with Crippen LogP contribution in [0.15, 0.2) is 5.38 Å². The maximum atomic E-state index is 12.6. The molecule has 1 saturated heterocycles. The Morgan fingerprint density at radius 2 is 2.14 bits per heavy atom. The molecule has 114 valence electrons. The number of halogens is 3. The predicted octanol–water partition coefficient (Wildman–Crippen LogP) is 3.71. The van der Waals surface area contributed by atoms with Crippen LogP contribution in [0.5, 0.6) is 0 Å². The molecule has 1 atom stereocenters. The first-order chi connectivity index (χ1) is 9.93. The summed E-state index contributed by atoms with van der Waals surface area (Å²) in [5, 5.41) is 11.5. The minimum Gasteiger partial charge on any atom is -0.346 e. The molecule has 2 aromatic heterocycles. The highest BCUT2D eigenvalue weighted by molar-refractivity contribution is 7.15. The fourth-order valence-corrected chi connectivity index (χ4v) is 4.05. The van der Waals surface area contributed by atoms with E-state index in [1.165, 1.54) is 11.3 Å². The van der Waals surface area contributed by atoms with Crippen LogP contribution in [-0.4, -0.2) is 28.3 Å². The molecule has 1 aliphatic heterocycles. The number of piperidine rings is 1. The molecule has 9 heteroatoms. The van der Waals surface area contributed by atoms with Gasteiger partial charge in [-0.25, -0.2) is 4.98 Å². The number of hydrogen-bond acceptors (Lipinski definition) is 6. The third kappa shape index (κ3) is 3.18. The Balaban J connectivity index is 1.75. The number of aryl methyl sites for hydroxylation is 1. The highest BCUT2D eigenvalue weighted by Gasteiger charge is 2.35. The number of rotatable bonds is 2. The molecule has 0 spiro atoms. The summed E-state index contributed by atoms with van der Waals surface area (Å²) in [7, 11) is 0. The molecule has 0 radical (unpaired) electrons. The predicted molar refractivity (Wildman–Crippen MR) is 76.0 cm³/mol. The molecule has 4 nitrogen and oxygen atoms in total. The first-order valence-corrected chi connectivity index (χ1v) is 8.21. The minimum absolute atomic E-state index is 0.0315. The van der Waals surface area contributed by atoms with Crippen LogP contribution in [0.25, 0.3) is 0 Å². The standard InChI is InChI=1S/C12H13F3N4S2/c1-7-17-18-11(21-7)19-4-2-3-8(5-19)10-16-9(6-20-10)12(13,14)15/h6,8H,2-5H2,1H3. The van der Waals surface area contributed by atoms with Gasteiger partial charge < -0.3 is 4.90 Å². The van der Waals surface area contributed by atoms with Gasteiger partial charge in [0.2, 0.25) is 5.13 Å². The summed E-state index contributed by atoms with van der Waals surface area (Å²) in [6, 6.07) is 0. The highest BCUT2D eigenvalue weighted by atomic mass is 32.1. The number of nitrogens with zero attached hydrogens (tertiary/aromatic N) is 4. The minimum atomic E-state index is -4.36. The molecule has 0 N–H and O–H groups in total. The highest BCUT2D eigenvalue weighted by Crippen LogP contribution is 2.36. The van der Waals surface area contributed by atoms with Crippen LogP contribution in [0.4, 0.5) is 18.3 Å². The van der Waals surface area contributed by atoms with Gasteiger partial charge in [0.1, 0.15) is 5.01 Å². The van der Waals surface area contributed by atoms with Crippen molar-refractivity contribution in [3.05, 3.63) is 21.1 Å². The molecule has 1 aliphatic rings. The quantitative estimate of drug-likeness (QED) is 0.840. The molecule has 21 heavy (non-hydrogen) atoms. The maximum absolute atomic E-state index is 12.6. The van der Waals surface area contributed by atoms with Gasteiger partial charge in [0, 0.05) is 24.4 Å². The monoisotopic (exact) mass is 334 g/mol. The average Bonchev–Trinajstić information content (AvgIpc) is 3.07. The Morgan fingerprint density at radius 1 is 1.33 bits per heavy atom. The Morgan fingerprint density at radius 3 is 2.76 bits per heavy atom. The van der Waals surface area contributed by atoms with Crippen LogP contribution in [0.3, 0.4) is 0 Å². The van der Waals surface area contributed by atoms with E-state index in [0.717, 1.165) is 46.2 Å². The maximum Gasteiger partial charge on any atom is 0.434 e. The second kappa shape index (κ2) is 5.53. The fourth-order valence-electron chi connectivity index (χ4n) is 2.37. The van der Waals surface area contributed by atoms with Gasteiger partial charge in [-0.05, 0) is 19.8 Å². The lowest BCUT2D eigenvalue weighted by molar-refractivity contribution is -0.140. The van der Waals surface area contributed by atoms with Crippen LogP contribution >= 0.6 is 22.7 Å². The Labute approximate surface area is 127 Å². The molecule has 0 saturated carbocycles. The van der Waals surface area contributed by atoms with Gasteiger partial charge >= 0.3 is 6.18 Å². The summed E-state index contributed by atoms with van der Waals surface area (Å²) in [6.45, 7) is 3.40. The fraction of sp³-hybridized carbons (Fsp3) is 0.583. The first-order valence-electron chi connectivity index (χ1n) is 6.51. The third-order valence-electron chi connectivity index (χ3n) is 3.37. The zero-order valence-electron chi connectivity index (χ0n) is 11.2. The molecule has 0 amide bonds. The van der Waals surface area contributed by atoms with Crippen molar-refractivity contribution in [2.24, 2.45) is 0 Å². The summed E-state index contributed by atoms with van der Waals surface area (Å²) in [5.41, 5.74) is -0.786. The molecule has 3 rings (SSSR count). The van der Waals surface area contributed by atoms with Crippen molar-refractivity contribution in [2.45, 2.75) is 31.9 Å². The molecule has 0 aliphatic carbocycles. The van der Waals surface area contributed by atoms with Gasteiger partial charge in [-0.2, -0.15) is 13.2 Å². The van der Waals surface area contributed by atoms with E-state index in [2.05, 4.69) is 20.1 Å². The van der Waals surface area contributed by atoms with Gasteiger partial charge in [0.15, 0.2) is 5.69 Å². The van der Waals surface area contributed by atoms with Crippen LogP contribution < -0.4 is 4.90 Å². The van der Waals surface area contributed by atoms with E-state index in [-0.39, 0.29) is 5.92 Å². The van der Waals surface area contributed by atoms with Gasteiger partial charge in [0.25, 0.3) is 0 Å². The Hall–Kier alpha value is -1.22. The van der Waals surface area contributed by atoms with E-state index >= 15 is 0 Å². The second-order valence-electron chi connectivity index (χ2n) is 4.96. The van der Waals surface area contributed by atoms with E-state index in [1.54, 1.807) is 0 Å². The lowest BCUT2D eigenvalue weighted by Crippen LogP contribution is -2.34. The Kier molecular flexibility index (Phi) is 3.87. The van der Waals surface area contributed by atoms with Crippen LogP contribution in [0.1, 0.15) is 34.5 Å². The lowest BCUT2D eigenvalue weighted by atomic mass is 9.99. The van der Waals surface area contributed by atoms with Crippen molar-refractivity contribution in [3.8, 4) is 0 Å². The van der Waals surface area contributed by atoms with E-state index in [4.69, 9.17) is 0 Å². The zero-order chi connectivity index (χ0) is 15.0. The van der Waals surface area contributed by atoms with Crippen molar-refractivity contribution in [2.75, 3.05) is 18.0 Å². The van der Waals surface area contributed by atoms with Crippen molar-refractivity contribution in [3.63, 3.8) is 0 Å². The molecule has 0 bridgehead atoms. The molecular weight excluding hydrogens is 321 g/mol. The summed E-state index contributed by atoms with van der Waals surface area (Å²) in [6.07, 6.45) is -2.58. The van der Waals surface area contributed by atoms with Gasteiger partial charge in [-0.3, -0.25) is 0 Å². The lowest BCUT2D eigenvalue weighted by Gasteiger charge is -2.31. The van der Waals surface area contributed by atoms with Crippen LogP contribution in [0.2, 0.25) is 0 Å². The van der Waals surface area contributed by atoms with Crippen molar-refractivity contribution >= 4 is 27.8 Å². The van der Waals surface area contributed by atoms with Crippen LogP contribution in [0, 0.1) is 6.92 Å². The number of aromatic nitrogens is 3. The van der Waals surface area contributed by atoms with E-state index in [0.29, 0.717) is 11.6 Å². The largest absolute Gasteiger partial charge is 0.434 e. The van der Waals surface area contributed by atoms with Gasteiger partial charge in [-0.1, -0.05) is 11.3 Å². The normalized spacial score (nSPS) is 20.0. The molecule has 3 heterocycles. The van der Waals surface area contributed by atoms with Gasteiger partial charge in [0.05, 0.1) is 5.01 Å². The number of alkyl halides is 3. The van der Waals surface area contributed by atoms with Crippen LogP contribution in [-0.2, 0) is 6.18 Å². The number of hydrogen-bond donors (Lipinski definition) is 0. The molecule has 1 fully saturated rings. The van der Waals surface area contributed by atoms with Crippen molar-refractivity contribution in [1.82, 2.24) is 15.2 Å². The summed E-state index contributed by atoms with van der Waals surface area (Å²) in [5.74, 6) is 0.0315. The smallest absolute Gasteiger partial charge is 0.346 e. The molecule has 2 aromatic rings. The van der Waals surface area contributed by atoms with E-state index < -0.39 is 11.9 Å². The number of thiazole rings is 1. The first kappa shape index (κ1) is 14.7. The van der Waals surface area contributed by atoms with Crippen molar-refractivity contribution < 1.29 is 13.2 Å². The molecular formula is C12H13F3N4S2. The Bertz CT molecular complexity index is 622. The van der Waals surface area contributed by atoms with Gasteiger partial charge in [-0.15, -0.1) is 21.5 Å². The number of anilines is 1.